The van der Waals surface area contributed by atoms with Crippen molar-refractivity contribution in [1.29, 1.82) is 0 Å². The van der Waals surface area contributed by atoms with Gasteiger partial charge < -0.3 is 25.6 Å². The van der Waals surface area contributed by atoms with Gasteiger partial charge in [-0.15, -0.1) is 0 Å². The van der Waals surface area contributed by atoms with Gasteiger partial charge in [-0.2, -0.15) is 0 Å². The lowest BCUT2D eigenvalue weighted by Crippen LogP contribution is -2.48. The minimum absolute atomic E-state index is 0.0985. The number of benzene rings is 1. The molecule has 2 aliphatic heterocycles. The second-order valence-corrected chi connectivity index (χ2v) is 9.54. The number of nitrogens with zero attached hydrogens (tertiary/aromatic N) is 4. The van der Waals surface area contributed by atoms with Gasteiger partial charge in [0.05, 0.1) is 36.3 Å². The lowest BCUT2D eigenvalue weighted by Gasteiger charge is -2.37. The zero-order valence-electron chi connectivity index (χ0n) is 17.5. The van der Waals surface area contributed by atoms with Gasteiger partial charge >= 0.3 is 6.03 Å². The van der Waals surface area contributed by atoms with Gasteiger partial charge in [-0.3, -0.25) is 0 Å². The molecule has 8 nitrogen and oxygen atoms in total. The summed E-state index contributed by atoms with van der Waals surface area (Å²) < 4.78 is 5.29. The maximum atomic E-state index is 12.5. The van der Waals surface area contributed by atoms with Crippen LogP contribution in [0.1, 0.15) is 19.8 Å². The number of carbonyl (C=O) groups is 1. The van der Waals surface area contributed by atoms with Crippen LogP contribution in [-0.4, -0.2) is 65.8 Å². The first kappa shape index (κ1) is 22.1. The number of carbonyl (C=O) groups excluding carboxylic acids is 1. The van der Waals surface area contributed by atoms with Crippen molar-refractivity contribution in [2.24, 2.45) is 5.73 Å². The fourth-order valence-corrected chi connectivity index (χ4v) is 4.60. The van der Waals surface area contributed by atoms with Crippen molar-refractivity contribution in [3.05, 3.63) is 35.6 Å². The Morgan fingerprint density at radius 1 is 1.19 bits per heavy atom. The van der Waals surface area contributed by atoms with E-state index in [1.807, 2.05) is 12.1 Å². The molecule has 0 unspecified atom stereocenters. The van der Waals surface area contributed by atoms with Crippen LogP contribution < -0.4 is 16.0 Å². The van der Waals surface area contributed by atoms with Gasteiger partial charge in [-0.1, -0.05) is 29.4 Å². The Balaban J connectivity index is 1.40. The monoisotopic (exact) mass is 462 g/mol. The number of amides is 2. The molecule has 0 bridgehead atoms. The molecule has 2 saturated heterocycles. The Hall–Kier alpha value is -2.07. The largest absolute Gasteiger partial charge is 0.378 e. The Morgan fingerprint density at radius 2 is 1.94 bits per heavy atom. The van der Waals surface area contributed by atoms with Crippen molar-refractivity contribution in [2.45, 2.75) is 35.2 Å². The SMILES string of the molecule is CC1(N)CCN(c2cnc(Sc3cccc(NC(=O)N4CCOCC4)c3Cl)cn2)CC1. The number of nitrogens with one attached hydrogen (secondary N) is 1. The first-order valence-electron chi connectivity index (χ1n) is 10.4. The Labute approximate surface area is 191 Å². The van der Waals surface area contributed by atoms with E-state index in [0.717, 1.165) is 41.7 Å². The molecule has 2 aliphatic rings. The number of morpholine rings is 1. The molecule has 1 aromatic carbocycles. The minimum atomic E-state index is -0.174. The summed E-state index contributed by atoms with van der Waals surface area (Å²) >= 11 is 7.99. The maximum absolute atomic E-state index is 12.5. The summed E-state index contributed by atoms with van der Waals surface area (Å²) in [6.45, 7) is 6.10. The van der Waals surface area contributed by atoms with E-state index in [1.54, 1.807) is 23.4 Å². The van der Waals surface area contributed by atoms with Gasteiger partial charge in [-0.25, -0.2) is 14.8 Å². The van der Waals surface area contributed by atoms with Crippen LogP contribution in [0.5, 0.6) is 0 Å². The van der Waals surface area contributed by atoms with E-state index in [0.29, 0.717) is 37.0 Å². The Bertz CT molecular complexity index is 911. The third-order valence-electron chi connectivity index (χ3n) is 5.56. The van der Waals surface area contributed by atoms with Crippen LogP contribution in [-0.2, 0) is 4.74 Å². The molecule has 0 spiro atoms. The highest BCUT2D eigenvalue weighted by atomic mass is 35.5. The molecule has 0 radical (unpaired) electrons. The summed E-state index contributed by atoms with van der Waals surface area (Å²) in [7, 11) is 0. The molecule has 4 rings (SSSR count). The lowest BCUT2D eigenvalue weighted by atomic mass is 9.91. The number of aromatic nitrogens is 2. The predicted octanol–water partition coefficient (Wildman–Crippen LogP) is 3.46. The molecule has 3 N–H and O–H groups in total. The summed E-state index contributed by atoms with van der Waals surface area (Å²) in [4.78, 5) is 26.3. The number of rotatable bonds is 4. The summed E-state index contributed by atoms with van der Waals surface area (Å²) in [6, 6.07) is 5.38. The molecule has 2 fully saturated rings. The molecule has 2 aromatic rings. The Kier molecular flexibility index (Phi) is 6.86. The van der Waals surface area contributed by atoms with Crippen molar-refractivity contribution in [2.75, 3.05) is 49.6 Å². The molecule has 31 heavy (non-hydrogen) atoms. The highest BCUT2D eigenvalue weighted by molar-refractivity contribution is 7.99. The van der Waals surface area contributed by atoms with Gasteiger partial charge in [0.1, 0.15) is 10.8 Å². The van der Waals surface area contributed by atoms with E-state index in [2.05, 4.69) is 27.1 Å². The number of nitrogens with two attached hydrogens (primary N) is 1. The summed E-state index contributed by atoms with van der Waals surface area (Å²) in [5.41, 5.74) is 6.69. The smallest absolute Gasteiger partial charge is 0.322 e. The third kappa shape index (κ3) is 5.60. The van der Waals surface area contributed by atoms with Gasteiger partial charge in [0.25, 0.3) is 0 Å². The molecular formula is C21H27ClN6O2S. The zero-order chi connectivity index (χ0) is 21.8. The number of hydrogen-bond donors (Lipinski definition) is 2. The highest BCUT2D eigenvalue weighted by Crippen LogP contribution is 2.37. The van der Waals surface area contributed by atoms with E-state index < -0.39 is 0 Å². The molecule has 0 atom stereocenters. The molecule has 3 heterocycles. The third-order valence-corrected chi connectivity index (χ3v) is 7.06. The number of anilines is 2. The predicted molar refractivity (Wildman–Crippen MR) is 123 cm³/mol. The normalized spacial score (nSPS) is 18.7. The van der Waals surface area contributed by atoms with E-state index >= 15 is 0 Å². The van der Waals surface area contributed by atoms with Crippen LogP contribution in [0.4, 0.5) is 16.3 Å². The van der Waals surface area contributed by atoms with Crippen LogP contribution in [0.25, 0.3) is 0 Å². The first-order chi connectivity index (χ1) is 14.9. The van der Waals surface area contributed by atoms with Gasteiger partial charge in [0, 0.05) is 36.6 Å². The van der Waals surface area contributed by atoms with Gasteiger partial charge in [-0.05, 0) is 31.9 Å². The zero-order valence-corrected chi connectivity index (χ0v) is 19.1. The summed E-state index contributed by atoms with van der Waals surface area (Å²) in [6.07, 6.45) is 5.42. The van der Waals surface area contributed by atoms with Crippen molar-refractivity contribution in [1.82, 2.24) is 14.9 Å². The van der Waals surface area contributed by atoms with E-state index in [4.69, 9.17) is 22.1 Å². The molecule has 0 saturated carbocycles. The van der Waals surface area contributed by atoms with E-state index in [1.165, 1.54) is 11.8 Å². The molecule has 166 valence electrons. The second-order valence-electron chi connectivity index (χ2n) is 8.10. The van der Waals surface area contributed by atoms with Crippen LogP contribution in [0, 0.1) is 0 Å². The van der Waals surface area contributed by atoms with Gasteiger partial charge in [0.2, 0.25) is 0 Å². The number of halogens is 1. The molecule has 0 aliphatic carbocycles. The molecule has 10 heteroatoms. The van der Waals surface area contributed by atoms with Crippen molar-refractivity contribution < 1.29 is 9.53 Å². The highest BCUT2D eigenvalue weighted by Gasteiger charge is 2.26. The molecular weight excluding hydrogens is 436 g/mol. The first-order valence-corrected chi connectivity index (χ1v) is 11.6. The van der Waals surface area contributed by atoms with Crippen LogP contribution in [0.15, 0.2) is 40.5 Å². The van der Waals surface area contributed by atoms with Crippen LogP contribution in [0.2, 0.25) is 5.02 Å². The summed E-state index contributed by atoms with van der Waals surface area (Å²) in [5, 5.41) is 4.12. The van der Waals surface area contributed by atoms with Crippen LogP contribution >= 0.6 is 23.4 Å². The second kappa shape index (κ2) is 9.60. The average molecular weight is 463 g/mol. The topological polar surface area (TPSA) is 96.6 Å². The van der Waals surface area contributed by atoms with Crippen LogP contribution in [0.3, 0.4) is 0 Å². The number of hydrogen-bond acceptors (Lipinski definition) is 7. The standard InChI is InChI=1S/C21H27ClN6O2S/c1-21(23)5-7-27(8-6-21)17-13-25-18(14-24-17)31-16-4-2-3-15(19(16)22)26-20(29)28-9-11-30-12-10-28/h2-4,13-14H,5-12,23H2,1H3,(H,26,29). The van der Waals surface area contributed by atoms with Crippen molar-refractivity contribution in [3.63, 3.8) is 0 Å². The quantitative estimate of drug-likeness (QED) is 0.718. The van der Waals surface area contributed by atoms with E-state index in [-0.39, 0.29) is 11.6 Å². The minimum Gasteiger partial charge on any atom is -0.378 e. The molecule has 1 aromatic heterocycles. The van der Waals surface area contributed by atoms with Gasteiger partial charge in [0.15, 0.2) is 0 Å². The average Bonchev–Trinajstić information content (AvgIpc) is 2.78. The number of ether oxygens (including phenoxy) is 1. The lowest BCUT2D eigenvalue weighted by molar-refractivity contribution is 0.0564. The fraction of sp³-hybridized carbons (Fsp3) is 0.476. The fourth-order valence-electron chi connectivity index (χ4n) is 3.53. The number of urea groups is 1. The van der Waals surface area contributed by atoms with E-state index in [9.17, 15) is 4.79 Å². The Morgan fingerprint density at radius 3 is 2.61 bits per heavy atom. The molecule has 2 amide bonds. The van der Waals surface area contributed by atoms with Crippen molar-refractivity contribution in [3.8, 4) is 0 Å². The van der Waals surface area contributed by atoms with Crippen molar-refractivity contribution >= 4 is 40.9 Å². The maximum Gasteiger partial charge on any atom is 0.322 e. The summed E-state index contributed by atoms with van der Waals surface area (Å²) in [5.74, 6) is 0.859. The number of piperidine rings is 1.